The number of amides is 1. The highest BCUT2D eigenvalue weighted by Gasteiger charge is 2.36. The number of benzene rings is 2. The smallest absolute Gasteiger partial charge is 0.261 e. The summed E-state index contributed by atoms with van der Waals surface area (Å²) in [7, 11) is 0. The number of alkyl halides is 1. The number of fused-ring (bicyclic) bond motifs is 4. The Hall–Kier alpha value is -1.89. The van der Waals surface area contributed by atoms with E-state index in [0.717, 1.165) is 29.8 Å². The molecule has 0 saturated heterocycles. The van der Waals surface area contributed by atoms with Gasteiger partial charge >= 0.3 is 0 Å². The minimum atomic E-state index is -0.0137. The van der Waals surface area contributed by atoms with Gasteiger partial charge in [-0.2, -0.15) is 0 Å². The van der Waals surface area contributed by atoms with Gasteiger partial charge in [0.15, 0.2) is 0 Å². The predicted molar refractivity (Wildman–Crippen MR) is 118 cm³/mol. The maximum atomic E-state index is 13.3. The second kappa shape index (κ2) is 8.00. The molecule has 0 N–H and O–H groups in total. The number of hydrogen-bond acceptors (Lipinski definition) is 3. The zero-order valence-corrected chi connectivity index (χ0v) is 17.6. The zero-order valence-electron chi connectivity index (χ0n) is 15.5. The fourth-order valence-corrected chi connectivity index (χ4v) is 4.29. The van der Waals surface area contributed by atoms with Gasteiger partial charge in [0.05, 0.1) is 23.9 Å². The molecule has 0 aromatic heterocycles. The molecule has 4 rings (SSSR count). The summed E-state index contributed by atoms with van der Waals surface area (Å²) in [6.07, 6.45) is 6.18. The summed E-state index contributed by atoms with van der Waals surface area (Å²) in [6.45, 7) is 2.70. The fraction of sp³-hybridized carbons (Fsp3) is 0.364. The van der Waals surface area contributed by atoms with Crippen LogP contribution in [0, 0.1) is 6.92 Å². The molecule has 4 nitrogen and oxygen atoms in total. The Balaban J connectivity index is 1.59. The molecule has 1 atom stereocenters. The van der Waals surface area contributed by atoms with Crippen LogP contribution in [0.2, 0.25) is 0 Å². The molecule has 0 bridgehead atoms. The Bertz CT molecular complexity index is 894. The van der Waals surface area contributed by atoms with E-state index < -0.39 is 0 Å². The van der Waals surface area contributed by atoms with Crippen molar-refractivity contribution in [1.82, 2.24) is 0 Å². The van der Waals surface area contributed by atoms with Crippen molar-refractivity contribution in [3.05, 3.63) is 53.1 Å². The topological polar surface area (TPSA) is 41.9 Å². The second-order valence-corrected chi connectivity index (χ2v) is 8.17. The number of anilines is 1. The van der Waals surface area contributed by atoms with E-state index in [4.69, 9.17) is 4.74 Å². The monoisotopic (exact) mass is 474 g/mol. The van der Waals surface area contributed by atoms with Crippen molar-refractivity contribution >= 4 is 46.1 Å². The van der Waals surface area contributed by atoms with E-state index >= 15 is 0 Å². The lowest BCUT2D eigenvalue weighted by Crippen LogP contribution is -2.37. The lowest BCUT2D eigenvalue weighted by Gasteiger charge is -2.21. The van der Waals surface area contributed by atoms with Crippen LogP contribution >= 0.6 is 22.6 Å². The van der Waals surface area contributed by atoms with E-state index in [1.54, 1.807) is 0 Å². The lowest BCUT2D eigenvalue weighted by atomic mass is 10.1. The number of ether oxygens (including phenoxy) is 1. The van der Waals surface area contributed by atoms with Crippen LogP contribution in [0.3, 0.4) is 0 Å². The highest BCUT2D eigenvalue weighted by atomic mass is 127. The Morgan fingerprint density at radius 3 is 2.93 bits per heavy atom. The summed E-state index contributed by atoms with van der Waals surface area (Å²) in [6, 6.07) is 12.0. The molecule has 0 spiro atoms. The van der Waals surface area contributed by atoms with Crippen LogP contribution in [0.4, 0.5) is 11.4 Å². The highest BCUT2D eigenvalue weighted by Crippen LogP contribution is 2.38. The van der Waals surface area contributed by atoms with E-state index in [9.17, 15) is 4.79 Å². The molecular formula is C22H23IN2O2. The third kappa shape index (κ3) is 3.61. The summed E-state index contributed by atoms with van der Waals surface area (Å²) in [5.41, 5.74) is 4.55. The van der Waals surface area contributed by atoms with Gasteiger partial charge in [0, 0.05) is 24.4 Å². The van der Waals surface area contributed by atoms with Gasteiger partial charge in [-0.15, -0.1) is 0 Å². The van der Waals surface area contributed by atoms with Gasteiger partial charge in [-0.3, -0.25) is 14.7 Å². The molecule has 2 aromatic rings. The Morgan fingerprint density at radius 1 is 1.22 bits per heavy atom. The van der Waals surface area contributed by atoms with Gasteiger partial charge in [-0.25, -0.2) is 0 Å². The average molecular weight is 474 g/mol. The van der Waals surface area contributed by atoms with E-state index in [1.165, 1.54) is 22.8 Å². The average Bonchev–Trinajstić information content (AvgIpc) is 2.99. The van der Waals surface area contributed by atoms with Gasteiger partial charge in [-0.1, -0.05) is 40.8 Å². The van der Waals surface area contributed by atoms with Crippen molar-refractivity contribution < 1.29 is 9.53 Å². The second-order valence-electron chi connectivity index (χ2n) is 7.09. The standard InChI is InChI=1S/C22H23IN2O2/c1-15-11-18-19(13-21(15)27-10-6-2-5-9-23)24-14-17-12-16-7-3-4-8-20(16)25(17)22(18)26/h3-4,7-8,11,13-14,17H,2,5-6,9-10,12H2,1H3/t17-/m0/s1. The quantitative estimate of drug-likeness (QED) is 0.326. The van der Waals surface area contributed by atoms with Gasteiger partial charge in [0.2, 0.25) is 0 Å². The van der Waals surface area contributed by atoms with E-state index in [1.807, 2.05) is 48.4 Å². The maximum Gasteiger partial charge on any atom is 0.261 e. The molecule has 140 valence electrons. The Labute approximate surface area is 173 Å². The van der Waals surface area contributed by atoms with E-state index in [-0.39, 0.29) is 11.9 Å². The van der Waals surface area contributed by atoms with Crippen LogP contribution in [-0.2, 0) is 6.42 Å². The SMILES string of the molecule is Cc1cc2c(cc1OCCCCCI)N=C[C@@H]1Cc3ccccc3N1C2=O. The van der Waals surface area contributed by atoms with Gasteiger partial charge in [0.1, 0.15) is 5.75 Å². The fourth-order valence-electron chi connectivity index (χ4n) is 3.76. The van der Waals surface area contributed by atoms with Crippen LogP contribution in [0.25, 0.3) is 0 Å². The van der Waals surface area contributed by atoms with E-state index in [2.05, 4.69) is 33.6 Å². The van der Waals surface area contributed by atoms with Crippen molar-refractivity contribution in [3.8, 4) is 5.75 Å². The van der Waals surface area contributed by atoms with Crippen molar-refractivity contribution in [2.24, 2.45) is 4.99 Å². The zero-order chi connectivity index (χ0) is 18.8. The van der Waals surface area contributed by atoms with Crippen molar-refractivity contribution in [1.29, 1.82) is 0 Å². The number of halogens is 1. The summed E-state index contributed by atoms with van der Waals surface area (Å²) in [4.78, 5) is 19.8. The molecule has 2 aliphatic rings. The number of aliphatic imine (C=N–C) groups is 1. The molecular weight excluding hydrogens is 451 g/mol. The first kappa shape index (κ1) is 18.5. The van der Waals surface area contributed by atoms with Crippen molar-refractivity contribution in [2.75, 3.05) is 15.9 Å². The third-order valence-corrected chi connectivity index (χ3v) is 5.94. The molecule has 0 saturated carbocycles. The minimum Gasteiger partial charge on any atom is -0.493 e. The number of rotatable bonds is 6. The number of aryl methyl sites for hydroxylation is 1. The largest absolute Gasteiger partial charge is 0.493 e. The Kier molecular flexibility index (Phi) is 5.48. The normalized spacial score (nSPS) is 17.3. The molecule has 0 radical (unpaired) electrons. The van der Waals surface area contributed by atoms with Crippen LogP contribution < -0.4 is 9.64 Å². The number of nitrogens with zero attached hydrogens (tertiary/aromatic N) is 2. The van der Waals surface area contributed by atoms with Gasteiger partial charge < -0.3 is 4.74 Å². The summed E-state index contributed by atoms with van der Waals surface area (Å²) < 4.78 is 7.16. The summed E-state index contributed by atoms with van der Waals surface area (Å²) >= 11 is 2.40. The van der Waals surface area contributed by atoms with Crippen molar-refractivity contribution in [2.45, 2.75) is 38.6 Å². The molecule has 0 fully saturated rings. The highest BCUT2D eigenvalue weighted by molar-refractivity contribution is 14.1. The maximum absolute atomic E-state index is 13.3. The summed E-state index contributed by atoms with van der Waals surface area (Å²) in [5, 5.41) is 0. The first-order chi connectivity index (χ1) is 13.2. The molecule has 0 unspecified atom stereocenters. The molecule has 2 heterocycles. The van der Waals surface area contributed by atoms with Crippen LogP contribution in [0.5, 0.6) is 5.75 Å². The van der Waals surface area contributed by atoms with Crippen molar-refractivity contribution in [3.63, 3.8) is 0 Å². The number of para-hydroxylation sites is 1. The number of hydrogen-bond donors (Lipinski definition) is 0. The Morgan fingerprint density at radius 2 is 2.07 bits per heavy atom. The molecule has 0 aliphatic carbocycles. The first-order valence-corrected chi connectivity index (χ1v) is 11.0. The van der Waals surface area contributed by atoms with Gasteiger partial charge in [-0.05, 0) is 53.9 Å². The molecule has 27 heavy (non-hydrogen) atoms. The molecule has 5 heteroatoms. The van der Waals surface area contributed by atoms with Crippen LogP contribution in [-0.4, -0.2) is 29.2 Å². The number of carbonyl (C=O) groups is 1. The number of unbranched alkanes of at least 4 members (excludes halogenated alkanes) is 2. The minimum absolute atomic E-state index is 0.0137. The predicted octanol–water partition coefficient (Wildman–Crippen LogP) is 5.27. The molecule has 2 aliphatic heterocycles. The first-order valence-electron chi connectivity index (χ1n) is 9.48. The third-order valence-electron chi connectivity index (χ3n) is 5.18. The van der Waals surface area contributed by atoms with Gasteiger partial charge in [0.25, 0.3) is 5.91 Å². The molecule has 1 amide bonds. The van der Waals surface area contributed by atoms with E-state index in [0.29, 0.717) is 17.9 Å². The van der Waals surface area contributed by atoms with Crippen LogP contribution in [0.15, 0.2) is 41.4 Å². The molecule has 2 aromatic carbocycles. The lowest BCUT2D eigenvalue weighted by molar-refractivity contribution is 0.0987. The number of carbonyl (C=O) groups excluding carboxylic acids is 1. The summed E-state index contributed by atoms with van der Waals surface area (Å²) in [5.74, 6) is 0.852. The van der Waals surface area contributed by atoms with Crippen LogP contribution in [0.1, 0.15) is 40.7 Å².